The van der Waals surface area contributed by atoms with Crippen LogP contribution in [0.4, 0.5) is 10.1 Å². The molecule has 4 heterocycles. The number of benzene rings is 2. The first-order valence-electron chi connectivity index (χ1n) is 11.3. The lowest BCUT2D eigenvalue weighted by Gasteiger charge is -2.36. The summed E-state index contributed by atoms with van der Waals surface area (Å²) in [5.41, 5.74) is 3.09. The lowest BCUT2D eigenvalue weighted by atomic mass is 10.2. The number of amides is 1. The number of carbonyl (C=O) groups is 1. The van der Waals surface area contributed by atoms with Crippen molar-refractivity contribution in [1.82, 2.24) is 24.5 Å². The van der Waals surface area contributed by atoms with E-state index in [1.54, 1.807) is 28.0 Å². The van der Waals surface area contributed by atoms with Gasteiger partial charge in [-0.05, 0) is 35.7 Å². The van der Waals surface area contributed by atoms with Gasteiger partial charge < -0.3 is 9.80 Å². The predicted octanol–water partition coefficient (Wildman–Crippen LogP) is 4.59. The van der Waals surface area contributed by atoms with E-state index < -0.39 is 0 Å². The molecule has 0 unspecified atom stereocenters. The molecule has 6 rings (SSSR count). The van der Waals surface area contributed by atoms with Gasteiger partial charge >= 0.3 is 0 Å². The van der Waals surface area contributed by atoms with Crippen molar-refractivity contribution >= 4 is 51.2 Å². The zero-order valence-corrected chi connectivity index (χ0v) is 20.3. The summed E-state index contributed by atoms with van der Waals surface area (Å²) < 4.78 is 15.9. The molecule has 1 aliphatic rings. The lowest BCUT2D eigenvalue weighted by Crippen LogP contribution is -2.49. The Kier molecular flexibility index (Phi) is 5.83. The van der Waals surface area contributed by atoms with E-state index in [-0.39, 0.29) is 17.5 Å². The minimum absolute atomic E-state index is 0.0319. The molecule has 10 heteroatoms. The highest BCUT2D eigenvalue weighted by Crippen LogP contribution is 2.27. The zero-order valence-electron chi connectivity index (χ0n) is 18.7. The van der Waals surface area contributed by atoms with Gasteiger partial charge in [-0.2, -0.15) is 15.9 Å². The second kappa shape index (κ2) is 9.27. The van der Waals surface area contributed by atoms with Crippen LogP contribution in [0.25, 0.3) is 27.9 Å². The molecule has 1 aliphatic heterocycles. The number of nitrogens with zero attached hydrogens (tertiary/aromatic N) is 6. The summed E-state index contributed by atoms with van der Waals surface area (Å²) in [6.07, 6.45) is 0. The fourth-order valence-corrected chi connectivity index (χ4v) is 5.74. The third-order valence-electron chi connectivity index (χ3n) is 6.08. The minimum atomic E-state index is -0.233. The molecule has 0 aliphatic carbocycles. The topological polar surface area (TPSA) is 66.6 Å². The Morgan fingerprint density at radius 2 is 1.80 bits per heavy atom. The molecule has 1 fully saturated rings. The van der Waals surface area contributed by atoms with Gasteiger partial charge in [0, 0.05) is 42.5 Å². The van der Waals surface area contributed by atoms with Gasteiger partial charge in [-0.25, -0.2) is 14.4 Å². The molecular weight excluding hydrogens is 483 g/mol. The Bertz CT molecular complexity index is 1510. The third-order valence-corrected chi connectivity index (χ3v) is 7.68. The van der Waals surface area contributed by atoms with Gasteiger partial charge in [0.25, 0.3) is 0 Å². The number of anilines is 1. The maximum atomic E-state index is 14.1. The molecule has 0 spiro atoms. The van der Waals surface area contributed by atoms with Crippen molar-refractivity contribution in [2.45, 2.75) is 5.16 Å². The number of carbonyl (C=O) groups excluding carboxylic acids is 1. The van der Waals surface area contributed by atoms with Gasteiger partial charge in [0.15, 0.2) is 16.6 Å². The number of hydrogen-bond donors (Lipinski definition) is 0. The molecule has 0 N–H and O–H groups in total. The van der Waals surface area contributed by atoms with Crippen LogP contribution in [0.5, 0.6) is 0 Å². The van der Waals surface area contributed by atoms with E-state index in [0.29, 0.717) is 42.8 Å². The van der Waals surface area contributed by atoms with Crippen LogP contribution in [0.1, 0.15) is 0 Å². The van der Waals surface area contributed by atoms with Gasteiger partial charge in [-0.15, -0.1) is 5.10 Å². The molecule has 0 saturated carbocycles. The van der Waals surface area contributed by atoms with Gasteiger partial charge in [0.05, 0.1) is 17.0 Å². The summed E-state index contributed by atoms with van der Waals surface area (Å²) >= 11 is 2.96. The van der Waals surface area contributed by atoms with Crippen molar-refractivity contribution in [3.05, 3.63) is 71.2 Å². The molecule has 2 aromatic carbocycles. The molecule has 0 bridgehead atoms. The summed E-state index contributed by atoms with van der Waals surface area (Å²) in [7, 11) is 0. The second-order valence-electron chi connectivity index (χ2n) is 8.20. The average Bonchev–Trinajstić information content (AvgIpc) is 3.58. The summed E-state index contributed by atoms with van der Waals surface area (Å²) in [5, 5.41) is 10.3. The number of fused-ring (bicyclic) bond motifs is 3. The molecule has 1 amide bonds. The molecule has 7 nitrogen and oxygen atoms in total. The van der Waals surface area contributed by atoms with Crippen LogP contribution in [0.3, 0.4) is 0 Å². The van der Waals surface area contributed by atoms with Gasteiger partial charge in [-0.3, -0.25) is 4.79 Å². The Labute approximate surface area is 209 Å². The van der Waals surface area contributed by atoms with Crippen molar-refractivity contribution in [3.63, 3.8) is 0 Å². The summed E-state index contributed by atoms with van der Waals surface area (Å²) in [6, 6.07) is 16.6. The normalized spacial score (nSPS) is 14.2. The van der Waals surface area contributed by atoms with Crippen LogP contribution in [0.15, 0.2) is 70.5 Å². The predicted molar refractivity (Wildman–Crippen MR) is 138 cm³/mol. The van der Waals surface area contributed by atoms with Crippen molar-refractivity contribution in [3.8, 4) is 11.4 Å². The maximum absolute atomic E-state index is 14.1. The smallest absolute Gasteiger partial charge is 0.233 e. The number of para-hydroxylation sites is 2. The number of aromatic nitrogens is 4. The van der Waals surface area contributed by atoms with E-state index in [1.807, 2.05) is 57.0 Å². The largest absolute Gasteiger partial charge is 0.366 e. The van der Waals surface area contributed by atoms with Crippen LogP contribution < -0.4 is 4.90 Å². The molecule has 3 aromatic heterocycles. The monoisotopic (exact) mass is 504 g/mol. The highest BCUT2D eigenvalue weighted by Gasteiger charge is 2.23. The van der Waals surface area contributed by atoms with E-state index in [0.717, 1.165) is 22.1 Å². The Morgan fingerprint density at radius 3 is 2.60 bits per heavy atom. The summed E-state index contributed by atoms with van der Waals surface area (Å²) in [6.45, 7) is 2.31. The zero-order chi connectivity index (χ0) is 23.8. The number of rotatable bonds is 5. The maximum Gasteiger partial charge on any atom is 0.233 e. The summed E-state index contributed by atoms with van der Waals surface area (Å²) in [5.74, 6) is 0.684. The standard InChI is InChI=1S/C25H21FN6OS2/c26-19-6-2-4-8-21(19)30-10-12-31(13-11-30)22(33)16-35-25-27-20-7-3-1-5-18(20)24-28-23(29-32(24)25)17-9-14-34-15-17/h1-9,14-15H,10-13,16H2. The van der Waals surface area contributed by atoms with Gasteiger partial charge in [0.1, 0.15) is 5.82 Å². The van der Waals surface area contributed by atoms with Gasteiger partial charge in [0.2, 0.25) is 5.91 Å². The lowest BCUT2D eigenvalue weighted by molar-refractivity contribution is -0.128. The third kappa shape index (κ3) is 4.23. The average molecular weight is 505 g/mol. The van der Waals surface area contributed by atoms with Crippen molar-refractivity contribution in [2.75, 3.05) is 36.8 Å². The molecular formula is C25H21FN6OS2. The highest BCUT2D eigenvalue weighted by molar-refractivity contribution is 7.99. The number of hydrogen-bond acceptors (Lipinski definition) is 7. The number of thiophene rings is 1. The Hall–Kier alpha value is -3.50. The van der Waals surface area contributed by atoms with Crippen LogP contribution >= 0.6 is 23.1 Å². The number of thioether (sulfide) groups is 1. The van der Waals surface area contributed by atoms with Crippen LogP contribution in [-0.2, 0) is 4.79 Å². The van der Waals surface area contributed by atoms with Crippen molar-refractivity contribution in [2.24, 2.45) is 0 Å². The quantitative estimate of drug-likeness (QED) is 0.258. The number of piperazine rings is 1. The molecule has 1 saturated heterocycles. The van der Waals surface area contributed by atoms with Crippen LogP contribution in [0.2, 0.25) is 0 Å². The van der Waals surface area contributed by atoms with Crippen LogP contribution in [-0.4, -0.2) is 62.3 Å². The molecule has 176 valence electrons. The van der Waals surface area contributed by atoms with Gasteiger partial charge in [-0.1, -0.05) is 36.0 Å². The molecule has 35 heavy (non-hydrogen) atoms. The Morgan fingerprint density at radius 1 is 1.00 bits per heavy atom. The second-order valence-corrected chi connectivity index (χ2v) is 9.92. The SMILES string of the molecule is O=C(CSc1nc2ccccc2c2nc(-c3ccsc3)nn12)N1CCN(c2ccccc2F)CC1. The molecule has 0 atom stereocenters. The van der Waals surface area contributed by atoms with E-state index in [4.69, 9.17) is 15.1 Å². The van der Waals surface area contributed by atoms with Crippen molar-refractivity contribution in [1.29, 1.82) is 0 Å². The first-order chi connectivity index (χ1) is 17.2. The van der Waals surface area contributed by atoms with E-state index in [9.17, 15) is 9.18 Å². The minimum Gasteiger partial charge on any atom is -0.366 e. The molecule has 5 aromatic rings. The first kappa shape index (κ1) is 22.0. The fourth-order valence-electron chi connectivity index (χ4n) is 4.26. The van der Waals surface area contributed by atoms with E-state index >= 15 is 0 Å². The van der Waals surface area contributed by atoms with E-state index in [2.05, 4.69) is 0 Å². The number of halogens is 1. The van der Waals surface area contributed by atoms with Crippen molar-refractivity contribution < 1.29 is 9.18 Å². The highest BCUT2D eigenvalue weighted by atomic mass is 32.2. The Balaban J connectivity index is 1.20. The molecule has 0 radical (unpaired) electrons. The first-order valence-corrected chi connectivity index (χ1v) is 13.2. The van der Waals surface area contributed by atoms with Crippen LogP contribution in [0, 0.1) is 5.82 Å². The summed E-state index contributed by atoms with van der Waals surface area (Å²) in [4.78, 5) is 26.4. The fraction of sp³-hybridized carbons (Fsp3) is 0.200. The van der Waals surface area contributed by atoms with E-state index in [1.165, 1.54) is 17.8 Å².